The van der Waals surface area contributed by atoms with Crippen LogP contribution in [0.1, 0.15) is 36.1 Å². The summed E-state index contributed by atoms with van der Waals surface area (Å²) in [7, 11) is 0. The maximum Gasteiger partial charge on any atom is 0.220 e. The number of carbonyl (C=O) groups is 1. The largest absolute Gasteiger partial charge is 0.473 e. The number of hydrogen-bond donors (Lipinski definition) is 0. The molecule has 1 aromatic heterocycles. The van der Waals surface area contributed by atoms with Crippen molar-refractivity contribution in [3.05, 3.63) is 77.5 Å². The van der Waals surface area contributed by atoms with Crippen LogP contribution in [0, 0.1) is 6.92 Å². The molecule has 4 rings (SSSR count). The number of para-hydroxylation sites is 1. The van der Waals surface area contributed by atoms with E-state index < -0.39 is 0 Å². The molecule has 0 spiro atoms. The van der Waals surface area contributed by atoms with Gasteiger partial charge in [0.1, 0.15) is 11.9 Å². The van der Waals surface area contributed by atoms with Crippen molar-refractivity contribution in [3.8, 4) is 11.6 Å². The lowest BCUT2D eigenvalue weighted by Gasteiger charge is -2.32. The number of aryl methyl sites for hydroxylation is 1. The zero-order valence-electron chi connectivity index (χ0n) is 15.1. The van der Waals surface area contributed by atoms with Gasteiger partial charge in [-0.15, -0.1) is 0 Å². The number of ether oxygens (including phenoxy) is 1. The van der Waals surface area contributed by atoms with Crippen LogP contribution in [-0.4, -0.2) is 21.7 Å². The molecular weight excluding hydrogens is 324 g/mol. The van der Waals surface area contributed by atoms with E-state index in [2.05, 4.69) is 12.1 Å². The Labute approximate surface area is 153 Å². The van der Waals surface area contributed by atoms with Gasteiger partial charge in [0.2, 0.25) is 5.88 Å². The fourth-order valence-electron chi connectivity index (χ4n) is 3.72. The van der Waals surface area contributed by atoms with Gasteiger partial charge < -0.3 is 4.74 Å². The maximum atomic E-state index is 11.9. The summed E-state index contributed by atoms with van der Waals surface area (Å²) >= 11 is 0. The Morgan fingerprint density at radius 2 is 1.77 bits per heavy atom. The number of rotatable bonds is 4. The van der Waals surface area contributed by atoms with Crippen molar-refractivity contribution in [1.82, 2.24) is 9.78 Å². The number of hydrogen-bond acceptors (Lipinski definition) is 3. The topological polar surface area (TPSA) is 44.1 Å². The lowest BCUT2D eigenvalue weighted by molar-refractivity contribution is -0.119. The van der Waals surface area contributed by atoms with E-state index in [4.69, 9.17) is 9.84 Å². The first-order valence-corrected chi connectivity index (χ1v) is 8.98. The molecule has 4 nitrogen and oxygen atoms in total. The summed E-state index contributed by atoms with van der Waals surface area (Å²) in [5, 5.41) is 4.71. The van der Waals surface area contributed by atoms with Crippen LogP contribution in [0.5, 0.6) is 5.88 Å². The van der Waals surface area contributed by atoms with Gasteiger partial charge >= 0.3 is 0 Å². The van der Waals surface area contributed by atoms with Gasteiger partial charge in [0, 0.05) is 17.9 Å². The third-order valence-electron chi connectivity index (χ3n) is 4.99. The van der Waals surface area contributed by atoms with Crippen LogP contribution in [-0.2, 0) is 11.2 Å². The number of Topliss-reactive ketones (excluding diaryl/α,β-unsaturated/α-hetero) is 1. The summed E-state index contributed by atoms with van der Waals surface area (Å²) in [4.78, 5) is 11.9. The minimum atomic E-state index is -0.180. The molecule has 0 saturated heterocycles. The van der Waals surface area contributed by atoms with Gasteiger partial charge in [-0.25, -0.2) is 4.68 Å². The Balaban J connectivity index is 1.78. The number of ketones is 1. The Morgan fingerprint density at radius 3 is 2.42 bits per heavy atom. The SMILES string of the molecule is CC(=O)C[C@H]1Oc2c(c(C)nn2-c2ccccc2)C[C@@H]1c1ccccc1. The molecule has 0 saturated carbocycles. The fraction of sp³-hybridized carbons (Fsp3) is 0.273. The Morgan fingerprint density at radius 1 is 1.12 bits per heavy atom. The number of carbonyl (C=O) groups excluding carboxylic acids is 1. The molecule has 3 aromatic rings. The molecule has 1 aliphatic rings. The van der Waals surface area contributed by atoms with Gasteiger partial charge in [-0.05, 0) is 38.0 Å². The molecule has 0 N–H and O–H groups in total. The fourth-order valence-corrected chi connectivity index (χ4v) is 3.72. The van der Waals surface area contributed by atoms with Crippen molar-refractivity contribution in [3.63, 3.8) is 0 Å². The minimum Gasteiger partial charge on any atom is -0.473 e. The third kappa shape index (κ3) is 3.03. The molecule has 132 valence electrons. The number of nitrogens with zero attached hydrogens (tertiary/aromatic N) is 2. The van der Waals surface area contributed by atoms with Crippen LogP contribution in [0.3, 0.4) is 0 Å². The highest BCUT2D eigenvalue weighted by Gasteiger charge is 2.36. The molecular formula is C22H22N2O2. The highest BCUT2D eigenvalue weighted by molar-refractivity contribution is 5.76. The van der Waals surface area contributed by atoms with Crippen molar-refractivity contribution in [2.75, 3.05) is 0 Å². The van der Waals surface area contributed by atoms with Crippen molar-refractivity contribution in [1.29, 1.82) is 0 Å². The molecule has 0 bridgehead atoms. The first-order chi connectivity index (χ1) is 12.6. The highest BCUT2D eigenvalue weighted by Crippen LogP contribution is 2.40. The highest BCUT2D eigenvalue weighted by atomic mass is 16.5. The summed E-state index contributed by atoms with van der Waals surface area (Å²) in [6, 6.07) is 20.3. The molecule has 0 unspecified atom stereocenters. The maximum absolute atomic E-state index is 11.9. The number of aromatic nitrogens is 2. The van der Waals surface area contributed by atoms with Gasteiger partial charge in [-0.3, -0.25) is 4.79 Å². The molecule has 0 amide bonds. The Kier molecular flexibility index (Phi) is 4.33. The van der Waals surface area contributed by atoms with Crippen molar-refractivity contribution in [2.24, 2.45) is 0 Å². The average Bonchev–Trinajstić information content (AvgIpc) is 2.98. The second-order valence-electron chi connectivity index (χ2n) is 6.90. The van der Waals surface area contributed by atoms with Crippen LogP contribution in [0.25, 0.3) is 5.69 Å². The van der Waals surface area contributed by atoms with E-state index in [1.807, 2.05) is 60.1 Å². The first-order valence-electron chi connectivity index (χ1n) is 8.98. The van der Waals surface area contributed by atoms with Crippen LogP contribution in [0.2, 0.25) is 0 Å². The van der Waals surface area contributed by atoms with E-state index in [1.165, 1.54) is 5.56 Å². The summed E-state index contributed by atoms with van der Waals surface area (Å²) in [5.74, 6) is 1.06. The van der Waals surface area contributed by atoms with E-state index in [1.54, 1.807) is 6.92 Å². The van der Waals surface area contributed by atoms with E-state index in [9.17, 15) is 4.79 Å². The number of fused-ring (bicyclic) bond motifs is 1. The van der Waals surface area contributed by atoms with E-state index in [0.29, 0.717) is 6.42 Å². The Hall–Kier alpha value is -2.88. The number of benzene rings is 2. The van der Waals surface area contributed by atoms with E-state index >= 15 is 0 Å². The minimum absolute atomic E-state index is 0.141. The van der Waals surface area contributed by atoms with E-state index in [-0.39, 0.29) is 17.8 Å². The zero-order chi connectivity index (χ0) is 18.1. The monoisotopic (exact) mass is 346 g/mol. The molecule has 2 atom stereocenters. The summed E-state index contributed by atoms with van der Waals surface area (Å²) in [6.45, 7) is 3.65. The molecule has 0 aliphatic carbocycles. The lowest BCUT2D eigenvalue weighted by atomic mass is 9.83. The summed E-state index contributed by atoms with van der Waals surface area (Å²) < 4.78 is 8.26. The Bertz CT molecular complexity index is 916. The predicted octanol–water partition coefficient (Wildman–Crippen LogP) is 4.25. The van der Waals surface area contributed by atoms with Gasteiger partial charge in [-0.2, -0.15) is 5.10 Å². The summed E-state index contributed by atoms with van der Waals surface area (Å²) in [6.07, 6.45) is 1.05. The van der Waals surface area contributed by atoms with Gasteiger partial charge in [0.15, 0.2) is 0 Å². The van der Waals surface area contributed by atoms with Gasteiger partial charge in [0.25, 0.3) is 0 Å². The van der Waals surface area contributed by atoms with Crippen LogP contribution < -0.4 is 4.74 Å². The smallest absolute Gasteiger partial charge is 0.220 e. The second-order valence-corrected chi connectivity index (χ2v) is 6.90. The first kappa shape index (κ1) is 16.6. The zero-order valence-corrected chi connectivity index (χ0v) is 15.1. The standard InChI is InChI=1S/C22H22N2O2/c1-15(25)13-21-20(17-9-5-3-6-10-17)14-19-16(2)23-24(22(19)26-21)18-11-7-4-8-12-18/h3-12,20-21H,13-14H2,1-2H3/t20-,21-/m1/s1. The molecule has 4 heteroatoms. The molecule has 1 aliphatic heterocycles. The molecule has 0 fully saturated rings. The average molecular weight is 346 g/mol. The summed E-state index contributed by atoms with van der Waals surface area (Å²) in [5.41, 5.74) is 4.28. The van der Waals surface area contributed by atoms with Gasteiger partial charge in [0.05, 0.1) is 11.4 Å². The second kappa shape index (κ2) is 6.79. The lowest BCUT2D eigenvalue weighted by Crippen LogP contribution is -2.33. The third-order valence-corrected chi connectivity index (χ3v) is 4.99. The quantitative estimate of drug-likeness (QED) is 0.709. The predicted molar refractivity (Wildman–Crippen MR) is 101 cm³/mol. The van der Waals surface area contributed by atoms with Crippen LogP contribution in [0.4, 0.5) is 0 Å². The molecule has 0 radical (unpaired) electrons. The normalized spacial score (nSPS) is 18.8. The molecule has 2 aromatic carbocycles. The van der Waals surface area contributed by atoms with Crippen LogP contribution >= 0.6 is 0 Å². The van der Waals surface area contributed by atoms with E-state index in [0.717, 1.165) is 29.2 Å². The van der Waals surface area contributed by atoms with Crippen molar-refractivity contribution < 1.29 is 9.53 Å². The van der Waals surface area contributed by atoms with Gasteiger partial charge in [-0.1, -0.05) is 48.5 Å². The molecule has 2 heterocycles. The van der Waals surface area contributed by atoms with Crippen LogP contribution in [0.15, 0.2) is 60.7 Å². The van der Waals surface area contributed by atoms with Crippen molar-refractivity contribution in [2.45, 2.75) is 38.7 Å². The molecule has 26 heavy (non-hydrogen) atoms. The van der Waals surface area contributed by atoms with Crippen molar-refractivity contribution >= 4 is 5.78 Å².